The fraction of sp³-hybridized carbons (Fsp3) is 0.286. The van der Waals surface area contributed by atoms with E-state index in [4.69, 9.17) is 4.74 Å². The molecule has 0 saturated carbocycles. The van der Waals surface area contributed by atoms with E-state index in [1.165, 1.54) is 11.3 Å². The Morgan fingerprint density at radius 1 is 1.37 bits per heavy atom. The molecule has 2 heterocycles. The number of amides is 1. The highest BCUT2D eigenvalue weighted by Gasteiger charge is 2.26. The molecule has 0 unspecified atom stereocenters. The topological polar surface area (TPSA) is 42.4 Å². The number of aromatic nitrogens is 1. The van der Waals surface area contributed by atoms with Gasteiger partial charge in [-0.1, -0.05) is 41.7 Å². The molecule has 0 aliphatic carbocycles. The predicted molar refractivity (Wildman–Crippen MR) is 73.6 cm³/mol. The molecule has 1 aromatic carbocycles. The van der Waals surface area contributed by atoms with Crippen molar-refractivity contribution in [3.63, 3.8) is 0 Å². The van der Waals surface area contributed by atoms with Crippen molar-refractivity contribution in [2.45, 2.75) is 13.0 Å². The van der Waals surface area contributed by atoms with Crippen LogP contribution in [0.25, 0.3) is 0 Å². The molecule has 1 aliphatic rings. The van der Waals surface area contributed by atoms with Gasteiger partial charge in [-0.05, 0) is 5.56 Å². The Bertz CT molecular complexity index is 595. The van der Waals surface area contributed by atoms with Gasteiger partial charge in [0.05, 0.1) is 5.69 Å². The Labute approximate surface area is 115 Å². The third-order valence-corrected chi connectivity index (χ3v) is 4.11. The first-order valence-electron chi connectivity index (χ1n) is 6.16. The molecule has 0 N–H and O–H groups in total. The lowest BCUT2D eigenvalue weighted by atomic mass is 10.2. The highest BCUT2D eigenvalue weighted by Crippen LogP contribution is 2.29. The van der Waals surface area contributed by atoms with Gasteiger partial charge in [-0.2, -0.15) is 0 Å². The van der Waals surface area contributed by atoms with E-state index in [1.54, 1.807) is 4.90 Å². The number of thiazole rings is 1. The van der Waals surface area contributed by atoms with Gasteiger partial charge in [0.25, 0.3) is 11.1 Å². The highest BCUT2D eigenvalue weighted by molar-refractivity contribution is 7.15. The lowest BCUT2D eigenvalue weighted by Gasteiger charge is -2.20. The first kappa shape index (κ1) is 12.2. The van der Waals surface area contributed by atoms with Gasteiger partial charge in [0.1, 0.15) is 11.5 Å². The first-order chi connectivity index (χ1) is 9.24. The summed E-state index contributed by atoms with van der Waals surface area (Å²) in [6.45, 7) is 1.21. The minimum atomic E-state index is 0.0494. The summed E-state index contributed by atoms with van der Waals surface area (Å²) in [4.78, 5) is 18.8. The standard InChI is InChI=1S/C14H14N2O2S/c1-16-8-7-11-12(13(16)17)19-14(15-11)18-9-10-5-3-2-4-6-10/h2-6H,7-9H2,1H3. The van der Waals surface area contributed by atoms with Gasteiger partial charge in [0, 0.05) is 20.0 Å². The van der Waals surface area contributed by atoms with Crippen LogP contribution >= 0.6 is 11.3 Å². The second-order valence-corrected chi connectivity index (χ2v) is 5.47. The Kier molecular flexibility index (Phi) is 3.21. The Morgan fingerprint density at radius 3 is 2.95 bits per heavy atom. The number of benzene rings is 1. The number of likely N-dealkylation sites (N-methyl/N-ethyl adjacent to an activating group) is 1. The smallest absolute Gasteiger partial charge is 0.274 e. The van der Waals surface area contributed by atoms with Crippen LogP contribution < -0.4 is 4.74 Å². The van der Waals surface area contributed by atoms with E-state index in [0.29, 0.717) is 11.8 Å². The summed E-state index contributed by atoms with van der Waals surface area (Å²) in [5.74, 6) is 0.0494. The summed E-state index contributed by atoms with van der Waals surface area (Å²) in [6.07, 6.45) is 0.808. The molecule has 98 valence electrons. The van der Waals surface area contributed by atoms with Crippen molar-refractivity contribution in [1.29, 1.82) is 0 Å². The van der Waals surface area contributed by atoms with Crippen molar-refractivity contribution in [2.75, 3.05) is 13.6 Å². The van der Waals surface area contributed by atoms with Gasteiger partial charge in [-0.15, -0.1) is 0 Å². The fourth-order valence-corrected chi connectivity index (χ4v) is 2.95. The van der Waals surface area contributed by atoms with Crippen LogP contribution in [0.15, 0.2) is 30.3 Å². The molecule has 0 spiro atoms. The maximum absolute atomic E-state index is 11.9. The summed E-state index contributed by atoms with van der Waals surface area (Å²) >= 11 is 1.34. The van der Waals surface area contributed by atoms with Crippen LogP contribution in [0.2, 0.25) is 0 Å². The third kappa shape index (κ3) is 2.46. The van der Waals surface area contributed by atoms with Crippen LogP contribution in [0.3, 0.4) is 0 Å². The number of rotatable bonds is 3. The third-order valence-electron chi connectivity index (χ3n) is 3.11. The Hall–Kier alpha value is -1.88. The van der Waals surface area contributed by atoms with E-state index in [-0.39, 0.29) is 5.91 Å². The second-order valence-electron chi connectivity index (χ2n) is 4.51. The minimum Gasteiger partial charge on any atom is -0.465 e. The van der Waals surface area contributed by atoms with E-state index in [0.717, 1.165) is 29.1 Å². The maximum atomic E-state index is 11.9. The molecule has 0 atom stereocenters. The highest BCUT2D eigenvalue weighted by atomic mass is 32.1. The van der Waals surface area contributed by atoms with E-state index in [9.17, 15) is 4.79 Å². The number of ether oxygens (including phenoxy) is 1. The maximum Gasteiger partial charge on any atom is 0.274 e. The SMILES string of the molecule is CN1CCc2nc(OCc3ccccc3)sc2C1=O. The molecule has 4 nitrogen and oxygen atoms in total. The van der Waals surface area contributed by atoms with Gasteiger partial charge in [-0.3, -0.25) is 4.79 Å². The Morgan fingerprint density at radius 2 is 2.16 bits per heavy atom. The molecule has 3 rings (SSSR count). The van der Waals surface area contributed by atoms with E-state index < -0.39 is 0 Å². The minimum absolute atomic E-state index is 0.0494. The van der Waals surface area contributed by atoms with Crippen molar-refractivity contribution in [3.8, 4) is 5.19 Å². The van der Waals surface area contributed by atoms with Crippen LogP contribution in [0.4, 0.5) is 0 Å². The van der Waals surface area contributed by atoms with Gasteiger partial charge in [0.15, 0.2) is 0 Å². The molecule has 0 bridgehead atoms. The molecule has 1 amide bonds. The van der Waals surface area contributed by atoms with Crippen LogP contribution in [-0.4, -0.2) is 29.4 Å². The molecule has 2 aromatic rings. The number of hydrogen-bond acceptors (Lipinski definition) is 4. The Balaban J connectivity index is 1.73. The quantitative estimate of drug-likeness (QED) is 0.863. The van der Waals surface area contributed by atoms with Crippen molar-refractivity contribution < 1.29 is 9.53 Å². The number of nitrogens with zero attached hydrogens (tertiary/aromatic N) is 2. The number of hydrogen-bond donors (Lipinski definition) is 0. The average Bonchev–Trinajstić information content (AvgIpc) is 2.86. The average molecular weight is 274 g/mol. The van der Waals surface area contributed by atoms with E-state index in [2.05, 4.69) is 4.98 Å². The molecule has 5 heteroatoms. The first-order valence-corrected chi connectivity index (χ1v) is 6.97. The van der Waals surface area contributed by atoms with Crippen molar-refractivity contribution in [3.05, 3.63) is 46.5 Å². The van der Waals surface area contributed by atoms with Crippen molar-refractivity contribution in [1.82, 2.24) is 9.88 Å². The zero-order chi connectivity index (χ0) is 13.2. The zero-order valence-corrected chi connectivity index (χ0v) is 11.4. The van der Waals surface area contributed by atoms with Crippen molar-refractivity contribution in [2.24, 2.45) is 0 Å². The van der Waals surface area contributed by atoms with E-state index in [1.807, 2.05) is 37.4 Å². The number of carbonyl (C=O) groups excluding carboxylic acids is 1. The monoisotopic (exact) mass is 274 g/mol. The largest absolute Gasteiger partial charge is 0.465 e. The second kappa shape index (κ2) is 5.01. The molecular formula is C14H14N2O2S. The molecule has 0 saturated heterocycles. The summed E-state index contributed by atoms with van der Waals surface area (Å²) in [5, 5.41) is 0.581. The normalized spacial score (nSPS) is 14.4. The van der Waals surface area contributed by atoms with Crippen LogP contribution in [-0.2, 0) is 13.0 Å². The van der Waals surface area contributed by atoms with Gasteiger partial charge >= 0.3 is 0 Å². The van der Waals surface area contributed by atoms with Gasteiger partial charge in [-0.25, -0.2) is 4.98 Å². The van der Waals surface area contributed by atoms with Crippen molar-refractivity contribution >= 4 is 17.2 Å². The molecule has 1 aromatic heterocycles. The molecule has 19 heavy (non-hydrogen) atoms. The summed E-state index contributed by atoms with van der Waals surface area (Å²) in [6, 6.07) is 9.94. The lowest BCUT2D eigenvalue weighted by Crippen LogP contribution is -2.33. The zero-order valence-electron chi connectivity index (χ0n) is 10.6. The van der Waals surface area contributed by atoms with E-state index >= 15 is 0 Å². The fourth-order valence-electron chi connectivity index (χ4n) is 2.00. The number of fused-ring (bicyclic) bond motifs is 1. The summed E-state index contributed by atoms with van der Waals surface area (Å²) < 4.78 is 5.67. The molecule has 1 aliphatic heterocycles. The predicted octanol–water partition coefficient (Wildman–Crippen LogP) is 2.35. The summed E-state index contributed by atoms with van der Waals surface area (Å²) in [5.41, 5.74) is 1.97. The number of carbonyl (C=O) groups is 1. The summed E-state index contributed by atoms with van der Waals surface area (Å²) in [7, 11) is 1.81. The van der Waals surface area contributed by atoms with Gasteiger partial charge in [0.2, 0.25) is 0 Å². The van der Waals surface area contributed by atoms with Crippen LogP contribution in [0.1, 0.15) is 20.9 Å². The van der Waals surface area contributed by atoms with Crippen LogP contribution in [0.5, 0.6) is 5.19 Å². The van der Waals surface area contributed by atoms with Crippen LogP contribution in [0, 0.1) is 0 Å². The lowest BCUT2D eigenvalue weighted by molar-refractivity contribution is 0.0785. The molecule has 0 fully saturated rings. The molecular weight excluding hydrogens is 260 g/mol. The van der Waals surface area contributed by atoms with Gasteiger partial charge < -0.3 is 9.64 Å². The molecule has 0 radical (unpaired) electrons.